The highest BCUT2D eigenvalue weighted by Gasteiger charge is 2.42. The van der Waals surface area contributed by atoms with E-state index in [2.05, 4.69) is 20.8 Å². The van der Waals surface area contributed by atoms with E-state index in [4.69, 9.17) is 9.47 Å². The third-order valence-electron chi connectivity index (χ3n) is 8.13. The van der Waals surface area contributed by atoms with Gasteiger partial charge in [0.2, 0.25) is 0 Å². The SMILES string of the molecule is CCCCCCCCCOc1ccc(C2C=CC(C(=O)[O-])(c3ccccc3C(=O)OC(C)CCCC(C)C)C(F)=C2)cc1. The smallest absolute Gasteiger partial charge is 0.338 e. The number of carbonyl (C=O) groups is 2. The average Bonchev–Trinajstić information content (AvgIpc) is 2.98. The molecule has 1 aliphatic rings. The van der Waals surface area contributed by atoms with E-state index in [0.717, 1.165) is 37.0 Å². The molecule has 5 nitrogen and oxygen atoms in total. The predicted molar refractivity (Wildman–Crippen MR) is 168 cm³/mol. The summed E-state index contributed by atoms with van der Waals surface area (Å²) in [5.74, 6) is -2.41. The fourth-order valence-electron chi connectivity index (χ4n) is 5.53. The van der Waals surface area contributed by atoms with Gasteiger partial charge in [0.15, 0.2) is 0 Å². The van der Waals surface area contributed by atoms with Gasteiger partial charge in [-0.15, -0.1) is 0 Å². The number of rotatable bonds is 18. The van der Waals surface area contributed by atoms with Crippen LogP contribution < -0.4 is 9.84 Å². The molecule has 0 spiro atoms. The molecule has 2 aromatic carbocycles. The lowest BCUT2D eigenvalue weighted by atomic mass is 9.72. The third kappa shape index (κ3) is 9.54. The molecule has 43 heavy (non-hydrogen) atoms. The highest BCUT2D eigenvalue weighted by molar-refractivity contribution is 5.97. The average molecular weight is 592 g/mol. The van der Waals surface area contributed by atoms with Gasteiger partial charge < -0.3 is 19.4 Å². The molecule has 3 unspecified atom stereocenters. The van der Waals surface area contributed by atoms with E-state index in [-0.39, 0.29) is 17.2 Å². The lowest BCUT2D eigenvalue weighted by molar-refractivity contribution is -0.310. The van der Waals surface area contributed by atoms with E-state index in [1.807, 2.05) is 31.2 Å². The Morgan fingerprint density at radius 1 is 0.907 bits per heavy atom. The van der Waals surface area contributed by atoms with Crippen LogP contribution in [-0.2, 0) is 14.9 Å². The van der Waals surface area contributed by atoms with Crippen molar-refractivity contribution in [3.8, 4) is 5.75 Å². The zero-order valence-corrected chi connectivity index (χ0v) is 26.3. The Morgan fingerprint density at radius 3 is 2.23 bits per heavy atom. The summed E-state index contributed by atoms with van der Waals surface area (Å²) >= 11 is 0. The molecule has 0 aliphatic heterocycles. The number of halogens is 1. The minimum atomic E-state index is -2.23. The fourth-order valence-corrected chi connectivity index (χ4v) is 5.53. The molecule has 1 aliphatic carbocycles. The number of benzene rings is 2. The fraction of sp³-hybridized carbons (Fsp3) is 0.514. The zero-order chi connectivity index (χ0) is 31.2. The first-order chi connectivity index (χ1) is 20.7. The molecule has 3 rings (SSSR count). The predicted octanol–water partition coefficient (Wildman–Crippen LogP) is 8.38. The molecule has 0 saturated carbocycles. The van der Waals surface area contributed by atoms with Gasteiger partial charge in [0.05, 0.1) is 24.2 Å². The van der Waals surface area contributed by atoms with Gasteiger partial charge in [-0.05, 0) is 67.5 Å². The number of carbonyl (C=O) groups excluding carboxylic acids is 2. The molecule has 2 aromatic rings. The first kappa shape index (κ1) is 34.1. The number of allylic oxidation sites excluding steroid dienone is 2. The van der Waals surface area contributed by atoms with Gasteiger partial charge in [-0.1, -0.05) is 108 Å². The van der Waals surface area contributed by atoms with Crippen molar-refractivity contribution in [2.24, 2.45) is 5.92 Å². The van der Waals surface area contributed by atoms with Crippen molar-refractivity contribution in [3.63, 3.8) is 0 Å². The van der Waals surface area contributed by atoms with Gasteiger partial charge >= 0.3 is 5.97 Å². The van der Waals surface area contributed by atoms with Gasteiger partial charge in [0.25, 0.3) is 0 Å². The van der Waals surface area contributed by atoms with E-state index < -0.39 is 29.1 Å². The van der Waals surface area contributed by atoms with E-state index in [1.54, 1.807) is 18.2 Å². The molecule has 0 saturated heterocycles. The third-order valence-corrected chi connectivity index (χ3v) is 8.13. The van der Waals surface area contributed by atoms with Crippen LogP contribution in [0.4, 0.5) is 4.39 Å². The van der Waals surface area contributed by atoms with Crippen LogP contribution in [0.5, 0.6) is 5.75 Å². The van der Waals surface area contributed by atoms with Crippen molar-refractivity contribution in [1.82, 2.24) is 0 Å². The second-order valence-electron chi connectivity index (χ2n) is 12.1. The normalized spacial score (nSPS) is 18.7. The van der Waals surface area contributed by atoms with Crippen LogP contribution >= 0.6 is 0 Å². The van der Waals surface area contributed by atoms with Crippen LogP contribution in [0.15, 0.2) is 72.6 Å². The van der Waals surface area contributed by atoms with E-state index in [9.17, 15) is 14.7 Å². The minimum Gasteiger partial charge on any atom is -0.548 e. The molecular formula is C37H48FO5-. The molecule has 0 bridgehead atoms. The summed E-state index contributed by atoms with van der Waals surface area (Å²) < 4.78 is 27.5. The number of carboxylic acids is 1. The Hall–Kier alpha value is -3.41. The lowest BCUT2D eigenvalue weighted by Crippen LogP contribution is -2.47. The van der Waals surface area contributed by atoms with Crippen LogP contribution in [0.3, 0.4) is 0 Å². The van der Waals surface area contributed by atoms with Crippen molar-refractivity contribution in [2.45, 2.75) is 109 Å². The zero-order valence-electron chi connectivity index (χ0n) is 26.3. The molecule has 0 aromatic heterocycles. The molecule has 0 N–H and O–H groups in total. The first-order valence-electron chi connectivity index (χ1n) is 16.0. The summed E-state index contributed by atoms with van der Waals surface area (Å²) in [6.07, 6.45) is 15.0. The molecule has 0 radical (unpaired) electrons. The van der Waals surface area contributed by atoms with Crippen molar-refractivity contribution in [2.75, 3.05) is 6.61 Å². The van der Waals surface area contributed by atoms with Gasteiger partial charge in [0, 0.05) is 5.92 Å². The van der Waals surface area contributed by atoms with Crippen molar-refractivity contribution in [3.05, 3.63) is 89.3 Å². The molecule has 3 atom stereocenters. The summed E-state index contributed by atoms with van der Waals surface area (Å²) in [5.41, 5.74) is -1.43. The topological polar surface area (TPSA) is 75.7 Å². The maximum Gasteiger partial charge on any atom is 0.338 e. The summed E-state index contributed by atoms with van der Waals surface area (Å²) in [5, 5.41) is 12.6. The Kier molecular flexibility index (Phi) is 13.5. The summed E-state index contributed by atoms with van der Waals surface area (Å²) in [6.45, 7) is 8.96. The Bertz CT molecular complexity index is 1230. The molecule has 234 valence electrons. The monoisotopic (exact) mass is 591 g/mol. The number of aliphatic carboxylic acids is 1. The summed E-state index contributed by atoms with van der Waals surface area (Å²) in [4.78, 5) is 25.7. The van der Waals surface area contributed by atoms with Crippen LogP contribution in [-0.4, -0.2) is 24.6 Å². The number of carboxylic acid groups (broad SMARTS) is 1. The maximum absolute atomic E-state index is 16.0. The quantitative estimate of drug-likeness (QED) is 0.0989. The van der Waals surface area contributed by atoms with Gasteiger partial charge in [0.1, 0.15) is 17.0 Å². The van der Waals surface area contributed by atoms with Gasteiger partial charge in [-0.3, -0.25) is 0 Å². The number of unbranched alkanes of at least 4 members (excludes halogenated alkanes) is 6. The van der Waals surface area contributed by atoms with Crippen LogP contribution in [0, 0.1) is 5.92 Å². The van der Waals surface area contributed by atoms with E-state index in [1.165, 1.54) is 56.4 Å². The maximum atomic E-state index is 16.0. The summed E-state index contributed by atoms with van der Waals surface area (Å²) in [7, 11) is 0. The first-order valence-corrected chi connectivity index (χ1v) is 16.0. The molecule has 0 amide bonds. The largest absolute Gasteiger partial charge is 0.548 e. The van der Waals surface area contributed by atoms with Crippen molar-refractivity contribution < 1.29 is 28.6 Å². The van der Waals surface area contributed by atoms with Gasteiger partial charge in [-0.25, -0.2) is 9.18 Å². The Labute approximate surface area is 257 Å². The summed E-state index contributed by atoms with van der Waals surface area (Å²) in [6, 6.07) is 13.5. The second kappa shape index (κ2) is 17.0. The number of ether oxygens (including phenoxy) is 2. The van der Waals surface area contributed by atoms with Crippen LogP contribution in [0.25, 0.3) is 0 Å². The highest BCUT2D eigenvalue weighted by Crippen LogP contribution is 2.42. The number of hydrogen-bond donors (Lipinski definition) is 0. The van der Waals surface area contributed by atoms with Crippen LogP contribution in [0.2, 0.25) is 0 Å². The molecular weight excluding hydrogens is 543 g/mol. The molecule has 0 fully saturated rings. The number of hydrogen-bond acceptors (Lipinski definition) is 5. The molecule has 6 heteroatoms. The van der Waals surface area contributed by atoms with Gasteiger partial charge in [-0.2, -0.15) is 0 Å². The second-order valence-corrected chi connectivity index (χ2v) is 12.1. The van der Waals surface area contributed by atoms with E-state index in [0.29, 0.717) is 18.9 Å². The van der Waals surface area contributed by atoms with Crippen molar-refractivity contribution >= 4 is 11.9 Å². The van der Waals surface area contributed by atoms with Crippen LogP contribution in [0.1, 0.15) is 119 Å². The minimum absolute atomic E-state index is 0.00746. The Balaban J connectivity index is 1.68. The lowest BCUT2D eigenvalue weighted by Gasteiger charge is -2.35. The molecule has 0 heterocycles. The number of esters is 1. The van der Waals surface area contributed by atoms with E-state index >= 15 is 4.39 Å². The van der Waals surface area contributed by atoms with Crippen molar-refractivity contribution in [1.29, 1.82) is 0 Å². The Morgan fingerprint density at radius 2 is 1.58 bits per heavy atom. The standard InChI is InChI=1S/C37H49FO5/c1-5-6-7-8-9-10-13-25-42-31-21-19-29(20-22-31)30-23-24-37(36(40)41,34(38)26-30)33-18-12-11-17-32(33)35(39)43-28(4)16-14-15-27(2)3/h11-12,17-24,26-28,30H,5-10,13-16,25H2,1-4H3,(H,40,41)/p-1. The highest BCUT2D eigenvalue weighted by atomic mass is 19.1.